The van der Waals surface area contributed by atoms with Crippen LogP contribution in [-0.2, 0) is 0 Å². The van der Waals surface area contributed by atoms with Gasteiger partial charge in [0.15, 0.2) is 0 Å². The van der Waals surface area contributed by atoms with Crippen molar-refractivity contribution in [2.24, 2.45) is 0 Å². The molecule has 2 aromatic heterocycles. The van der Waals surface area contributed by atoms with E-state index >= 15 is 0 Å². The number of hydrogen-bond donors (Lipinski definition) is 0. The SMILES string of the molecule is C.C.CC.CC.Cc1nncs1.c1nncs1. The maximum absolute atomic E-state index is 3.69. The lowest BCUT2D eigenvalue weighted by Crippen LogP contribution is -1.64. The normalized spacial score (nSPS) is 6.18. The molecule has 17 heavy (non-hydrogen) atoms. The molecule has 0 saturated heterocycles. The Kier molecular flexibility index (Phi) is 36.0. The topological polar surface area (TPSA) is 51.6 Å². The zero-order valence-corrected chi connectivity index (χ0v) is 11.5. The summed E-state index contributed by atoms with van der Waals surface area (Å²) in [6.45, 7) is 9.93. The zero-order valence-electron chi connectivity index (χ0n) is 9.84. The lowest BCUT2D eigenvalue weighted by Gasteiger charge is -1.61. The highest BCUT2D eigenvalue weighted by Gasteiger charge is 1.78. The highest BCUT2D eigenvalue weighted by atomic mass is 32.1. The van der Waals surface area contributed by atoms with Gasteiger partial charge in [0.2, 0.25) is 0 Å². The van der Waals surface area contributed by atoms with Crippen LogP contribution in [0.3, 0.4) is 0 Å². The second-order valence-corrected chi connectivity index (χ2v) is 3.27. The minimum absolute atomic E-state index is 0. The van der Waals surface area contributed by atoms with E-state index in [2.05, 4.69) is 20.4 Å². The van der Waals surface area contributed by atoms with Gasteiger partial charge in [0.25, 0.3) is 0 Å². The van der Waals surface area contributed by atoms with E-state index in [1.54, 1.807) is 27.9 Å². The second kappa shape index (κ2) is 24.4. The molecule has 0 aliphatic rings. The van der Waals surface area contributed by atoms with E-state index < -0.39 is 0 Å². The highest BCUT2D eigenvalue weighted by molar-refractivity contribution is 7.09. The summed E-state index contributed by atoms with van der Waals surface area (Å²) in [7, 11) is 0. The van der Waals surface area contributed by atoms with Gasteiger partial charge in [0.05, 0.1) is 0 Å². The molecule has 0 aromatic carbocycles. The highest BCUT2D eigenvalue weighted by Crippen LogP contribution is 1.94. The van der Waals surface area contributed by atoms with Crippen LogP contribution in [0.5, 0.6) is 0 Å². The Bertz CT molecular complexity index is 240. The third kappa shape index (κ3) is 21.0. The Hall–Kier alpha value is -0.880. The van der Waals surface area contributed by atoms with Crippen molar-refractivity contribution in [2.75, 3.05) is 0 Å². The molecule has 2 heterocycles. The summed E-state index contributed by atoms with van der Waals surface area (Å²) in [5.41, 5.74) is 5.08. The van der Waals surface area contributed by atoms with Gasteiger partial charge >= 0.3 is 0 Å². The lowest BCUT2D eigenvalue weighted by molar-refractivity contribution is 1.05. The van der Waals surface area contributed by atoms with Gasteiger partial charge in [-0.25, -0.2) is 0 Å². The van der Waals surface area contributed by atoms with Crippen LogP contribution in [0.2, 0.25) is 0 Å². The van der Waals surface area contributed by atoms with Crippen molar-refractivity contribution in [2.45, 2.75) is 49.5 Å². The van der Waals surface area contributed by atoms with Crippen LogP contribution >= 0.6 is 22.7 Å². The average molecular weight is 278 g/mol. The van der Waals surface area contributed by atoms with E-state index in [-0.39, 0.29) is 14.9 Å². The fourth-order valence-electron chi connectivity index (χ4n) is 0.364. The van der Waals surface area contributed by atoms with Crippen LogP contribution in [0.1, 0.15) is 47.6 Å². The predicted molar refractivity (Wildman–Crippen MR) is 80.7 cm³/mol. The first-order chi connectivity index (χ1) is 7.39. The molecule has 0 unspecified atom stereocenters. The molecule has 4 nitrogen and oxygen atoms in total. The molecule has 0 N–H and O–H groups in total. The Morgan fingerprint density at radius 1 is 0.824 bits per heavy atom. The van der Waals surface area contributed by atoms with Crippen molar-refractivity contribution >= 4 is 22.7 Å². The monoisotopic (exact) mass is 278 g/mol. The van der Waals surface area contributed by atoms with Gasteiger partial charge < -0.3 is 0 Å². The summed E-state index contributed by atoms with van der Waals surface area (Å²) < 4.78 is 0. The van der Waals surface area contributed by atoms with E-state index in [1.807, 2.05) is 34.6 Å². The second-order valence-electron chi connectivity index (χ2n) is 1.54. The van der Waals surface area contributed by atoms with Gasteiger partial charge in [0, 0.05) is 0 Å². The molecule has 2 rings (SSSR count). The zero-order chi connectivity index (χ0) is 11.9. The lowest BCUT2D eigenvalue weighted by atomic mass is 10.9. The number of aromatic nitrogens is 4. The quantitative estimate of drug-likeness (QED) is 0.700. The van der Waals surface area contributed by atoms with Crippen LogP contribution in [-0.4, -0.2) is 20.4 Å². The first-order valence-electron chi connectivity index (χ1n) is 4.81. The van der Waals surface area contributed by atoms with E-state index in [0.29, 0.717) is 0 Å². The molecule has 0 radical (unpaired) electrons. The van der Waals surface area contributed by atoms with Gasteiger partial charge in [-0.3, -0.25) is 0 Å². The van der Waals surface area contributed by atoms with Crippen molar-refractivity contribution in [3.05, 3.63) is 21.5 Å². The van der Waals surface area contributed by atoms with Crippen molar-refractivity contribution in [3.63, 3.8) is 0 Å². The molecule has 0 spiro atoms. The Morgan fingerprint density at radius 3 is 1.41 bits per heavy atom. The molecule has 0 amide bonds. The third-order valence-corrected chi connectivity index (χ3v) is 1.81. The molecular formula is C11H26N4S2. The standard InChI is InChI=1S/C3H4N2S.C2H2N2S.2C2H6.2CH4/c1-3-5-4-2-6-3;1-3-4-2-5-1;2*1-2;;/h2H,1H3;1-2H;2*1-2H3;2*1H4. The van der Waals surface area contributed by atoms with Crippen LogP contribution in [0.15, 0.2) is 16.5 Å². The molecule has 6 heteroatoms. The molecule has 2 aromatic rings. The molecule has 0 bridgehead atoms. The molecule has 102 valence electrons. The van der Waals surface area contributed by atoms with Crippen molar-refractivity contribution in [1.29, 1.82) is 0 Å². The predicted octanol–water partition coefficient (Wildman–Crippen LogP) is 4.71. The number of hydrogen-bond acceptors (Lipinski definition) is 6. The van der Waals surface area contributed by atoms with Crippen LogP contribution in [0, 0.1) is 6.92 Å². The molecule has 0 saturated carbocycles. The minimum atomic E-state index is 0. The van der Waals surface area contributed by atoms with Crippen molar-refractivity contribution < 1.29 is 0 Å². The van der Waals surface area contributed by atoms with Gasteiger partial charge in [-0.05, 0) is 6.92 Å². The van der Waals surface area contributed by atoms with Gasteiger partial charge in [-0.15, -0.1) is 43.1 Å². The summed E-state index contributed by atoms with van der Waals surface area (Å²) in [5.74, 6) is 0. The summed E-state index contributed by atoms with van der Waals surface area (Å²) >= 11 is 3.05. The van der Waals surface area contributed by atoms with Gasteiger partial charge in [0.1, 0.15) is 21.5 Å². The fraction of sp³-hybridized carbons (Fsp3) is 0.636. The Labute approximate surface area is 114 Å². The number of aryl methyl sites for hydroxylation is 1. The van der Waals surface area contributed by atoms with Gasteiger partial charge in [-0.1, -0.05) is 42.5 Å². The minimum Gasteiger partial charge on any atom is -0.147 e. The van der Waals surface area contributed by atoms with Crippen LogP contribution in [0.4, 0.5) is 0 Å². The number of nitrogens with zero attached hydrogens (tertiary/aromatic N) is 4. The van der Waals surface area contributed by atoms with E-state index in [4.69, 9.17) is 0 Å². The van der Waals surface area contributed by atoms with Crippen LogP contribution in [0.25, 0.3) is 0 Å². The maximum Gasteiger partial charge on any atom is 0.114 e. The molecule has 0 aliphatic heterocycles. The molecule has 0 fully saturated rings. The maximum atomic E-state index is 3.69. The van der Waals surface area contributed by atoms with Gasteiger partial charge in [-0.2, -0.15) is 0 Å². The molecule has 0 aliphatic carbocycles. The first kappa shape index (κ1) is 25.1. The fourth-order valence-corrected chi connectivity index (χ4v) is 0.978. The third-order valence-electron chi connectivity index (χ3n) is 0.752. The summed E-state index contributed by atoms with van der Waals surface area (Å²) in [4.78, 5) is 0. The number of rotatable bonds is 0. The largest absolute Gasteiger partial charge is 0.147 e. The van der Waals surface area contributed by atoms with Crippen LogP contribution < -0.4 is 0 Å². The summed E-state index contributed by atoms with van der Waals surface area (Å²) in [6, 6.07) is 0. The van der Waals surface area contributed by atoms with Crippen molar-refractivity contribution in [3.8, 4) is 0 Å². The Morgan fingerprint density at radius 2 is 1.29 bits per heavy atom. The molecular weight excluding hydrogens is 252 g/mol. The summed E-state index contributed by atoms with van der Waals surface area (Å²) in [6.07, 6.45) is 0. The smallest absolute Gasteiger partial charge is 0.114 e. The molecule has 0 atom stereocenters. The van der Waals surface area contributed by atoms with Crippen molar-refractivity contribution in [1.82, 2.24) is 20.4 Å². The average Bonchev–Trinajstić information content (AvgIpc) is 2.98. The van der Waals surface area contributed by atoms with E-state index in [0.717, 1.165) is 5.01 Å². The van der Waals surface area contributed by atoms with E-state index in [1.165, 1.54) is 11.3 Å². The van der Waals surface area contributed by atoms with E-state index in [9.17, 15) is 0 Å². The summed E-state index contributed by atoms with van der Waals surface area (Å²) in [5, 5.41) is 15.3. The first-order valence-corrected chi connectivity index (χ1v) is 6.63. The Balaban J connectivity index is -0.0000000712.